The fourth-order valence-electron chi connectivity index (χ4n) is 3.55. The summed E-state index contributed by atoms with van der Waals surface area (Å²) in [5, 5.41) is 17.9. The number of hydrogen-bond donors (Lipinski definition) is 1. The minimum Gasteiger partial charge on any atom is -0.274 e. The Kier molecular flexibility index (Phi) is 5.88. The van der Waals surface area contributed by atoms with E-state index in [0.717, 1.165) is 16.2 Å². The van der Waals surface area contributed by atoms with Gasteiger partial charge in [0.05, 0.1) is 18.7 Å². The van der Waals surface area contributed by atoms with Gasteiger partial charge >= 0.3 is 0 Å². The molecular weight excluding hydrogens is 391 g/mol. The van der Waals surface area contributed by atoms with Crippen molar-refractivity contribution in [1.29, 1.82) is 5.26 Å². The predicted molar refractivity (Wildman–Crippen MR) is 126 cm³/mol. The SMILES string of the molecule is N#CC[C@@H](NP(=S)(c1ccccc1)c1ccccc1)c1ccc2ccccc2c1. The van der Waals surface area contributed by atoms with Gasteiger partial charge in [0.25, 0.3) is 0 Å². The van der Waals surface area contributed by atoms with Crippen molar-refractivity contribution in [2.45, 2.75) is 12.5 Å². The topological polar surface area (TPSA) is 35.8 Å². The summed E-state index contributed by atoms with van der Waals surface area (Å²) in [6, 6.07) is 37.3. The van der Waals surface area contributed by atoms with Crippen molar-refractivity contribution in [3.8, 4) is 6.07 Å². The number of hydrogen-bond acceptors (Lipinski definition) is 2. The smallest absolute Gasteiger partial charge is 0.0689 e. The van der Waals surface area contributed by atoms with Gasteiger partial charge in [0.1, 0.15) is 0 Å². The Morgan fingerprint density at radius 1 is 0.759 bits per heavy atom. The highest BCUT2D eigenvalue weighted by atomic mass is 32.4. The van der Waals surface area contributed by atoms with Gasteiger partial charge < -0.3 is 0 Å². The molecule has 1 atom stereocenters. The van der Waals surface area contributed by atoms with Gasteiger partial charge in [-0.2, -0.15) is 5.26 Å². The third-order valence-electron chi connectivity index (χ3n) is 5.05. The molecular formula is C25H21N2PS. The van der Waals surface area contributed by atoms with Crippen molar-refractivity contribution in [2.75, 3.05) is 0 Å². The first-order chi connectivity index (χ1) is 14.2. The second-order valence-corrected chi connectivity index (χ2v) is 11.1. The molecule has 0 saturated carbocycles. The van der Waals surface area contributed by atoms with Crippen LogP contribution < -0.4 is 15.7 Å². The lowest BCUT2D eigenvalue weighted by Crippen LogP contribution is -2.30. The van der Waals surface area contributed by atoms with Crippen LogP contribution in [0.25, 0.3) is 10.8 Å². The predicted octanol–water partition coefficient (Wildman–Crippen LogP) is 5.43. The monoisotopic (exact) mass is 412 g/mol. The lowest BCUT2D eigenvalue weighted by atomic mass is 10.0. The van der Waals surface area contributed by atoms with Crippen molar-refractivity contribution >= 4 is 39.4 Å². The average Bonchev–Trinajstić information content (AvgIpc) is 2.79. The van der Waals surface area contributed by atoms with Crippen LogP contribution in [-0.4, -0.2) is 0 Å². The standard InChI is InChI=1S/C25H21N2PS/c26-18-17-25(22-16-15-20-9-7-8-10-21(20)19-22)27-28(29,23-11-3-1-4-12-23)24-13-5-2-6-14-24/h1-16,19,25H,17H2,(H,27,29)/t25-/m1/s1. The van der Waals surface area contributed by atoms with Gasteiger partial charge in [0, 0.05) is 16.7 Å². The number of rotatable bonds is 6. The van der Waals surface area contributed by atoms with E-state index in [4.69, 9.17) is 11.8 Å². The molecule has 0 spiro atoms. The maximum Gasteiger partial charge on any atom is 0.0689 e. The average molecular weight is 412 g/mol. The molecule has 0 amide bonds. The van der Waals surface area contributed by atoms with Crippen molar-refractivity contribution < 1.29 is 0 Å². The Morgan fingerprint density at radius 3 is 1.90 bits per heavy atom. The van der Waals surface area contributed by atoms with Gasteiger partial charge in [0.15, 0.2) is 0 Å². The molecule has 0 heterocycles. The summed E-state index contributed by atoms with van der Waals surface area (Å²) in [5.74, 6) is 0. The molecule has 1 N–H and O–H groups in total. The number of benzene rings is 4. The van der Waals surface area contributed by atoms with Crippen molar-refractivity contribution in [1.82, 2.24) is 5.09 Å². The molecule has 29 heavy (non-hydrogen) atoms. The summed E-state index contributed by atoms with van der Waals surface area (Å²) >= 11 is 6.31. The van der Waals surface area contributed by atoms with Gasteiger partial charge in [-0.05, 0) is 22.4 Å². The van der Waals surface area contributed by atoms with E-state index in [2.05, 4.69) is 65.8 Å². The highest BCUT2D eigenvalue weighted by Gasteiger charge is 2.26. The molecule has 0 aliphatic heterocycles. The molecule has 0 fully saturated rings. The molecule has 0 saturated heterocycles. The maximum atomic E-state index is 9.54. The summed E-state index contributed by atoms with van der Waals surface area (Å²) in [6.45, 7) is 0. The van der Waals surface area contributed by atoms with Gasteiger partial charge in [0.2, 0.25) is 0 Å². The van der Waals surface area contributed by atoms with Crippen LogP contribution in [-0.2, 0) is 11.8 Å². The van der Waals surface area contributed by atoms with Crippen LogP contribution in [0.2, 0.25) is 0 Å². The molecule has 142 valence electrons. The summed E-state index contributed by atoms with van der Waals surface area (Å²) in [5.41, 5.74) is 1.09. The minimum atomic E-state index is -2.30. The van der Waals surface area contributed by atoms with Crippen LogP contribution in [0.3, 0.4) is 0 Å². The maximum absolute atomic E-state index is 9.54. The van der Waals surface area contributed by atoms with E-state index in [-0.39, 0.29) is 6.04 Å². The Hall–Kier alpha value is -2.76. The van der Waals surface area contributed by atoms with E-state index >= 15 is 0 Å². The quantitative estimate of drug-likeness (QED) is 0.429. The first kappa shape index (κ1) is 19.6. The third-order valence-corrected chi connectivity index (χ3v) is 9.36. The zero-order valence-corrected chi connectivity index (χ0v) is 17.6. The summed E-state index contributed by atoms with van der Waals surface area (Å²) < 4.78 is 0. The molecule has 0 unspecified atom stereocenters. The van der Waals surface area contributed by atoms with Crippen molar-refractivity contribution in [2.24, 2.45) is 0 Å². The van der Waals surface area contributed by atoms with Gasteiger partial charge in [-0.15, -0.1) is 0 Å². The minimum absolute atomic E-state index is 0.143. The first-order valence-corrected chi connectivity index (χ1v) is 12.4. The zero-order valence-electron chi connectivity index (χ0n) is 15.9. The Morgan fingerprint density at radius 2 is 1.31 bits per heavy atom. The molecule has 4 aromatic carbocycles. The van der Waals surface area contributed by atoms with E-state index in [1.165, 1.54) is 10.8 Å². The zero-order chi connectivity index (χ0) is 20.1. The Balaban J connectivity index is 1.79. The van der Waals surface area contributed by atoms with Crippen LogP contribution in [0.4, 0.5) is 0 Å². The van der Waals surface area contributed by atoms with Gasteiger partial charge in [-0.1, -0.05) is 109 Å². The number of nitrogens with zero attached hydrogens (tertiary/aromatic N) is 1. The number of fused-ring (bicyclic) bond motifs is 1. The van der Waals surface area contributed by atoms with E-state index < -0.39 is 6.19 Å². The Labute approximate surface area is 176 Å². The highest BCUT2D eigenvalue weighted by molar-refractivity contribution is 8.20. The number of nitriles is 1. The normalized spacial score (nSPS) is 12.4. The van der Waals surface area contributed by atoms with Crippen molar-refractivity contribution in [3.63, 3.8) is 0 Å². The van der Waals surface area contributed by atoms with Crippen LogP contribution in [0, 0.1) is 11.3 Å². The fraction of sp³-hybridized carbons (Fsp3) is 0.0800. The molecule has 0 aliphatic carbocycles. The first-order valence-electron chi connectivity index (χ1n) is 9.55. The molecule has 4 rings (SSSR count). The second kappa shape index (κ2) is 8.72. The van der Waals surface area contributed by atoms with Crippen LogP contribution in [0.5, 0.6) is 0 Å². The summed E-state index contributed by atoms with van der Waals surface area (Å²) in [7, 11) is 0. The van der Waals surface area contributed by atoms with E-state index in [1.54, 1.807) is 0 Å². The van der Waals surface area contributed by atoms with Crippen LogP contribution in [0.15, 0.2) is 103 Å². The van der Waals surface area contributed by atoms with E-state index in [0.29, 0.717) is 6.42 Å². The highest BCUT2D eigenvalue weighted by Crippen LogP contribution is 2.43. The summed E-state index contributed by atoms with van der Waals surface area (Å²) in [6.07, 6.45) is -1.95. The molecule has 4 heteroatoms. The molecule has 0 aliphatic rings. The summed E-state index contributed by atoms with van der Waals surface area (Å²) in [4.78, 5) is 0. The lowest BCUT2D eigenvalue weighted by Gasteiger charge is -2.29. The Bertz CT molecular complexity index is 1160. The fourth-order valence-corrected chi connectivity index (χ4v) is 7.12. The van der Waals surface area contributed by atoms with Crippen molar-refractivity contribution in [3.05, 3.63) is 109 Å². The second-order valence-electron chi connectivity index (χ2n) is 6.93. The van der Waals surface area contributed by atoms with E-state index in [9.17, 15) is 5.26 Å². The molecule has 2 nitrogen and oxygen atoms in total. The van der Waals surface area contributed by atoms with Gasteiger partial charge in [-0.25, -0.2) is 0 Å². The lowest BCUT2D eigenvalue weighted by molar-refractivity contribution is 0.690. The largest absolute Gasteiger partial charge is 0.274 e. The number of nitrogens with one attached hydrogen (secondary N) is 1. The van der Waals surface area contributed by atoms with E-state index in [1.807, 2.05) is 48.5 Å². The molecule has 0 radical (unpaired) electrons. The molecule has 4 aromatic rings. The van der Waals surface area contributed by atoms with Crippen LogP contribution >= 0.6 is 6.19 Å². The third kappa shape index (κ3) is 4.16. The molecule has 0 bridgehead atoms. The molecule has 0 aromatic heterocycles. The van der Waals surface area contributed by atoms with Crippen LogP contribution in [0.1, 0.15) is 18.0 Å². The van der Waals surface area contributed by atoms with Gasteiger partial charge in [-0.3, -0.25) is 5.09 Å².